The highest BCUT2D eigenvalue weighted by atomic mass is 16.5. The molecule has 0 saturated heterocycles. The third kappa shape index (κ3) is 10.8. The van der Waals surface area contributed by atoms with Crippen molar-refractivity contribution in [1.82, 2.24) is 15.5 Å². The summed E-state index contributed by atoms with van der Waals surface area (Å²) in [6.45, 7) is 13.7. The van der Waals surface area contributed by atoms with E-state index >= 15 is 0 Å². The zero-order valence-corrected chi connectivity index (χ0v) is 24.9. The van der Waals surface area contributed by atoms with Crippen LogP contribution in [-0.2, 0) is 4.79 Å². The maximum absolute atomic E-state index is 13.5. The molecular formula is C31H51N3O5. The highest BCUT2D eigenvalue weighted by molar-refractivity contribution is 6.00. The number of aliphatic hydroxyl groups is 1. The number of carbonyl (C=O) groups excluding carboxylic acids is 3. The Kier molecular flexibility index (Phi) is 13.8. The molecule has 1 aromatic rings. The van der Waals surface area contributed by atoms with Crippen LogP contribution < -0.4 is 15.4 Å². The van der Waals surface area contributed by atoms with E-state index in [0.29, 0.717) is 42.9 Å². The molecule has 8 nitrogen and oxygen atoms in total. The van der Waals surface area contributed by atoms with Crippen LogP contribution in [0.4, 0.5) is 0 Å². The first-order chi connectivity index (χ1) is 18.5. The summed E-state index contributed by atoms with van der Waals surface area (Å²) in [5.41, 5.74) is 0.732. The van der Waals surface area contributed by atoms with Crippen molar-refractivity contribution in [3.05, 3.63) is 29.3 Å². The molecule has 1 aliphatic rings. The van der Waals surface area contributed by atoms with Gasteiger partial charge in [0, 0.05) is 36.7 Å². The molecule has 8 heteroatoms. The first-order valence-electron chi connectivity index (χ1n) is 14.9. The molecule has 1 aromatic carbocycles. The number of nitrogens with one attached hydrogen (secondary N) is 2. The molecule has 3 N–H and O–H groups in total. The number of hydrogen-bond acceptors (Lipinski definition) is 5. The van der Waals surface area contributed by atoms with Crippen LogP contribution in [-0.4, -0.2) is 65.6 Å². The highest BCUT2D eigenvalue weighted by Gasteiger charge is 2.28. The molecule has 39 heavy (non-hydrogen) atoms. The molecule has 0 radical (unpaired) electrons. The van der Waals surface area contributed by atoms with Gasteiger partial charge in [-0.3, -0.25) is 14.4 Å². The summed E-state index contributed by atoms with van der Waals surface area (Å²) in [5, 5.41) is 17.2. The van der Waals surface area contributed by atoms with E-state index in [0.717, 1.165) is 38.5 Å². The zero-order valence-electron chi connectivity index (χ0n) is 24.9. The summed E-state index contributed by atoms with van der Waals surface area (Å²) in [6.07, 6.45) is 5.65. The number of aliphatic hydroxyl groups excluding tert-OH is 1. The molecule has 0 saturated carbocycles. The van der Waals surface area contributed by atoms with E-state index in [1.807, 2.05) is 32.6 Å². The Hall–Kier alpha value is -2.61. The molecule has 0 aliphatic carbocycles. The van der Waals surface area contributed by atoms with E-state index in [1.54, 1.807) is 18.2 Å². The second-order valence-electron chi connectivity index (χ2n) is 11.4. The van der Waals surface area contributed by atoms with Gasteiger partial charge in [0.15, 0.2) is 0 Å². The molecule has 220 valence electrons. The van der Waals surface area contributed by atoms with E-state index in [4.69, 9.17) is 4.74 Å². The lowest BCUT2D eigenvalue weighted by Crippen LogP contribution is -2.46. The van der Waals surface area contributed by atoms with Crippen LogP contribution >= 0.6 is 0 Å². The van der Waals surface area contributed by atoms with Gasteiger partial charge < -0.3 is 25.4 Å². The van der Waals surface area contributed by atoms with Gasteiger partial charge in [-0.2, -0.15) is 0 Å². The van der Waals surface area contributed by atoms with Gasteiger partial charge in [0.2, 0.25) is 5.91 Å². The fraction of sp³-hybridized carbons (Fsp3) is 0.710. The van der Waals surface area contributed by atoms with Gasteiger partial charge in [-0.05, 0) is 70.6 Å². The standard InChI is InChI=1S/C31H51N3O5/c1-7-9-14-32-29(36)23(6)17-28(35)27-16-22(5)13-11-10-12-15-34(8-2)31(38)25-18-24(30(37)33-27)19-26(20-25)39-21(3)4/h18-23,27-28,35H,7-17H2,1-6H3,(H,32,36)(H,33,37)/t22-,23?,27+,28?/m1/s1. The lowest BCUT2D eigenvalue weighted by Gasteiger charge is -2.28. The minimum absolute atomic E-state index is 0.0822. The molecule has 1 heterocycles. The Morgan fingerprint density at radius 2 is 1.85 bits per heavy atom. The summed E-state index contributed by atoms with van der Waals surface area (Å²) in [4.78, 5) is 41.3. The Morgan fingerprint density at radius 1 is 1.13 bits per heavy atom. The van der Waals surface area contributed by atoms with Crippen LogP contribution in [0.25, 0.3) is 0 Å². The van der Waals surface area contributed by atoms with Crippen molar-refractivity contribution in [3.63, 3.8) is 0 Å². The number of carbonyl (C=O) groups is 3. The average molecular weight is 546 g/mol. The minimum atomic E-state index is -0.884. The molecule has 1 aliphatic heterocycles. The number of amides is 3. The Balaban J connectivity index is 2.35. The maximum atomic E-state index is 13.5. The first-order valence-corrected chi connectivity index (χ1v) is 14.9. The van der Waals surface area contributed by atoms with E-state index in [2.05, 4.69) is 24.5 Å². The van der Waals surface area contributed by atoms with Gasteiger partial charge in [-0.15, -0.1) is 0 Å². The van der Waals surface area contributed by atoms with Gasteiger partial charge in [0.1, 0.15) is 5.75 Å². The molecule has 0 fully saturated rings. The van der Waals surface area contributed by atoms with Crippen molar-refractivity contribution >= 4 is 17.7 Å². The van der Waals surface area contributed by atoms with Crippen LogP contribution in [0, 0.1) is 11.8 Å². The Bertz CT molecular complexity index is 935. The molecular weight excluding hydrogens is 494 g/mol. The van der Waals surface area contributed by atoms with E-state index in [1.165, 1.54) is 0 Å². The highest BCUT2D eigenvalue weighted by Crippen LogP contribution is 2.24. The largest absolute Gasteiger partial charge is 0.491 e. The maximum Gasteiger partial charge on any atom is 0.254 e. The number of unbranched alkanes of at least 4 members (excludes halogenated alkanes) is 1. The van der Waals surface area contributed by atoms with Gasteiger partial charge in [-0.25, -0.2) is 0 Å². The van der Waals surface area contributed by atoms with Gasteiger partial charge in [-0.1, -0.05) is 46.5 Å². The summed E-state index contributed by atoms with van der Waals surface area (Å²) < 4.78 is 5.89. The number of benzene rings is 1. The number of hydrogen-bond donors (Lipinski definition) is 3. The van der Waals surface area contributed by atoms with Gasteiger partial charge >= 0.3 is 0 Å². The van der Waals surface area contributed by atoms with Crippen LogP contribution in [0.5, 0.6) is 5.75 Å². The molecule has 2 bridgehead atoms. The van der Waals surface area contributed by atoms with Crippen LogP contribution in [0.2, 0.25) is 0 Å². The SMILES string of the molecule is CCCCNC(=O)C(C)CC(O)[C@@H]1C[C@H](C)CCCCCN(CC)C(=O)c2cc(OC(C)C)cc(c2)C(=O)N1. The third-order valence-electron chi connectivity index (χ3n) is 7.39. The van der Waals surface area contributed by atoms with E-state index < -0.39 is 12.1 Å². The number of ether oxygens (including phenoxy) is 1. The quantitative estimate of drug-likeness (QED) is 0.361. The predicted octanol–water partition coefficient (Wildman–Crippen LogP) is 4.94. The van der Waals surface area contributed by atoms with Crippen LogP contribution in [0.3, 0.4) is 0 Å². The van der Waals surface area contributed by atoms with Crippen LogP contribution in [0.15, 0.2) is 18.2 Å². The van der Waals surface area contributed by atoms with Gasteiger partial charge in [0.25, 0.3) is 11.8 Å². The van der Waals surface area contributed by atoms with Crippen LogP contribution in [0.1, 0.15) is 114 Å². The number of nitrogens with zero attached hydrogens (tertiary/aromatic N) is 1. The Labute approximate surface area is 235 Å². The molecule has 2 rings (SSSR count). The zero-order chi connectivity index (χ0) is 28.9. The fourth-order valence-electron chi connectivity index (χ4n) is 5.06. The second kappa shape index (κ2) is 16.5. The summed E-state index contributed by atoms with van der Waals surface area (Å²) >= 11 is 0. The lowest BCUT2D eigenvalue weighted by molar-refractivity contribution is -0.125. The normalized spacial score (nSPS) is 21.0. The van der Waals surface area contributed by atoms with E-state index in [-0.39, 0.29) is 42.1 Å². The summed E-state index contributed by atoms with van der Waals surface area (Å²) in [5.74, 6) is -0.215. The molecule has 4 atom stereocenters. The molecule has 0 spiro atoms. The van der Waals surface area contributed by atoms with Gasteiger partial charge in [0.05, 0.1) is 18.2 Å². The molecule has 0 aromatic heterocycles. The first kappa shape index (κ1) is 32.6. The second-order valence-corrected chi connectivity index (χ2v) is 11.4. The lowest BCUT2D eigenvalue weighted by atomic mass is 9.89. The summed E-state index contributed by atoms with van der Waals surface area (Å²) in [7, 11) is 0. The molecule has 2 unspecified atom stereocenters. The fourth-order valence-corrected chi connectivity index (χ4v) is 5.06. The number of fused-ring (bicyclic) bond motifs is 2. The topological polar surface area (TPSA) is 108 Å². The van der Waals surface area contributed by atoms with Crippen molar-refractivity contribution in [3.8, 4) is 5.75 Å². The molecule has 3 amide bonds. The predicted molar refractivity (Wildman–Crippen MR) is 155 cm³/mol. The third-order valence-corrected chi connectivity index (χ3v) is 7.39. The average Bonchev–Trinajstić information content (AvgIpc) is 2.89. The smallest absolute Gasteiger partial charge is 0.254 e. The monoisotopic (exact) mass is 545 g/mol. The van der Waals surface area contributed by atoms with Crippen molar-refractivity contribution in [2.75, 3.05) is 19.6 Å². The van der Waals surface area contributed by atoms with Crippen molar-refractivity contribution in [1.29, 1.82) is 0 Å². The minimum Gasteiger partial charge on any atom is -0.491 e. The Morgan fingerprint density at radius 3 is 2.51 bits per heavy atom. The van der Waals surface area contributed by atoms with Crippen molar-refractivity contribution < 1.29 is 24.2 Å². The number of rotatable bonds is 10. The summed E-state index contributed by atoms with van der Waals surface area (Å²) in [6, 6.07) is 4.44. The van der Waals surface area contributed by atoms with E-state index in [9.17, 15) is 19.5 Å². The van der Waals surface area contributed by atoms with Crippen molar-refractivity contribution in [2.24, 2.45) is 11.8 Å². The van der Waals surface area contributed by atoms with Crippen molar-refractivity contribution in [2.45, 2.75) is 111 Å².